The van der Waals surface area contributed by atoms with Crippen LogP contribution in [0.25, 0.3) is 0 Å². The lowest BCUT2D eigenvalue weighted by Gasteiger charge is -2.26. The molecule has 0 amide bonds. The van der Waals surface area contributed by atoms with E-state index in [1.807, 2.05) is 60.7 Å². The lowest BCUT2D eigenvalue weighted by Crippen LogP contribution is -2.43. The molecule has 1 atom stereocenters. The molecule has 0 nitrogen and oxygen atoms in total. The number of alkyl halides is 3. The van der Waals surface area contributed by atoms with Crippen LogP contribution in [0.1, 0.15) is 12.0 Å². The quantitative estimate of drug-likeness (QED) is 0.526. The van der Waals surface area contributed by atoms with Gasteiger partial charge in [-0.15, -0.1) is 0 Å². The fraction of sp³-hybridized carbons (Fsp3) is 0.300. The summed E-state index contributed by atoms with van der Waals surface area (Å²) in [6, 6.07) is 19.5. The summed E-state index contributed by atoms with van der Waals surface area (Å²) in [4.78, 5) is 0. The van der Waals surface area contributed by atoms with Crippen LogP contribution in [0.15, 0.2) is 60.7 Å². The zero-order valence-corrected chi connectivity index (χ0v) is 14.9. The average Bonchev–Trinajstić information content (AvgIpc) is 2.53. The Labute approximate surface area is 142 Å². The molecule has 0 bridgehead atoms. The van der Waals surface area contributed by atoms with Crippen LogP contribution in [-0.2, 0) is 0 Å². The smallest absolute Gasteiger partial charge is 0.171 e. The highest BCUT2D eigenvalue weighted by molar-refractivity contribution is 6.89. The largest absolute Gasteiger partial charge is 0.390 e. The third-order valence-electron chi connectivity index (χ3n) is 3.98. The van der Waals surface area contributed by atoms with Crippen LogP contribution in [0.5, 0.6) is 0 Å². The first-order valence-corrected chi connectivity index (χ1v) is 11.2. The summed E-state index contributed by atoms with van der Waals surface area (Å²) >= 11 is 0. The highest BCUT2D eigenvalue weighted by atomic mass is 28.3. The number of hydrogen-bond donors (Lipinski definition) is 0. The van der Waals surface area contributed by atoms with Gasteiger partial charge in [0.2, 0.25) is 0 Å². The zero-order chi connectivity index (χ0) is 17.6. The Kier molecular flexibility index (Phi) is 5.90. The van der Waals surface area contributed by atoms with E-state index in [1.165, 1.54) is 5.19 Å². The van der Waals surface area contributed by atoms with E-state index < -0.39 is 26.6 Å². The van der Waals surface area contributed by atoms with E-state index in [4.69, 9.17) is 0 Å². The minimum atomic E-state index is -4.20. The SMILES string of the molecule is C[Si](C)(CC(C#Cc1ccccc1)CC(F)(F)F)c1ccccc1. The van der Waals surface area contributed by atoms with E-state index in [-0.39, 0.29) is 0 Å². The van der Waals surface area contributed by atoms with Crippen molar-refractivity contribution in [1.82, 2.24) is 0 Å². The third kappa shape index (κ3) is 5.90. The van der Waals surface area contributed by atoms with Gasteiger partial charge in [-0.3, -0.25) is 0 Å². The molecule has 2 aromatic carbocycles. The second kappa shape index (κ2) is 7.72. The van der Waals surface area contributed by atoms with Crippen LogP contribution < -0.4 is 5.19 Å². The second-order valence-electron chi connectivity index (χ2n) is 6.61. The molecule has 0 fully saturated rings. The van der Waals surface area contributed by atoms with Crippen molar-refractivity contribution in [2.24, 2.45) is 5.92 Å². The second-order valence-corrected chi connectivity index (χ2v) is 11.4. The Balaban J connectivity index is 2.22. The molecule has 2 aromatic rings. The van der Waals surface area contributed by atoms with Gasteiger partial charge in [0.1, 0.15) is 0 Å². The first-order valence-electron chi connectivity index (χ1n) is 7.95. The van der Waals surface area contributed by atoms with Gasteiger partial charge < -0.3 is 0 Å². The molecule has 0 aliphatic rings. The van der Waals surface area contributed by atoms with Crippen molar-refractivity contribution in [2.45, 2.75) is 31.7 Å². The molecule has 0 aromatic heterocycles. The predicted molar refractivity (Wildman–Crippen MR) is 95.8 cm³/mol. The fourth-order valence-electron chi connectivity index (χ4n) is 2.78. The molecule has 0 spiro atoms. The molecule has 126 valence electrons. The molecule has 0 N–H and O–H groups in total. The predicted octanol–water partition coefficient (Wildman–Crippen LogP) is 5.22. The number of hydrogen-bond acceptors (Lipinski definition) is 0. The number of halogens is 3. The van der Waals surface area contributed by atoms with E-state index in [0.29, 0.717) is 6.04 Å². The van der Waals surface area contributed by atoms with Crippen LogP contribution in [0.3, 0.4) is 0 Å². The zero-order valence-electron chi connectivity index (χ0n) is 13.9. The molecule has 2 rings (SSSR count). The van der Waals surface area contributed by atoms with Crippen molar-refractivity contribution in [1.29, 1.82) is 0 Å². The Morgan fingerprint density at radius 2 is 1.46 bits per heavy atom. The molecule has 1 unspecified atom stereocenters. The van der Waals surface area contributed by atoms with Gasteiger partial charge in [0.05, 0.1) is 14.5 Å². The Hall–Kier alpha value is -1.99. The highest BCUT2D eigenvalue weighted by Gasteiger charge is 2.35. The summed E-state index contributed by atoms with van der Waals surface area (Å²) < 4.78 is 38.9. The van der Waals surface area contributed by atoms with Crippen molar-refractivity contribution in [3.8, 4) is 11.8 Å². The van der Waals surface area contributed by atoms with Crippen molar-refractivity contribution in [3.63, 3.8) is 0 Å². The van der Waals surface area contributed by atoms with Gasteiger partial charge in [-0.25, -0.2) is 0 Å². The molecule has 0 radical (unpaired) electrons. The summed E-state index contributed by atoms with van der Waals surface area (Å²) in [6.45, 7) is 4.21. The minimum absolute atomic E-state index is 0.496. The summed E-state index contributed by atoms with van der Waals surface area (Å²) in [7, 11) is -1.98. The maximum absolute atomic E-state index is 13.0. The van der Waals surface area contributed by atoms with E-state index in [2.05, 4.69) is 24.9 Å². The molecular weight excluding hydrogens is 325 g/mol. The summed E-state index contributed by atoms with van der Waals surface area (Å²) in [6.07, 6.45) is -5.05. The maximum Gasteiger partial charge on any atom is 0.390 e. The summed E-state index contributed by atoms with van der Waals surface area (Å²) in [5.74, 6) is 5.12. The van der Waals surface area contributed by atoms with Crippen LogP contribution in [0, 0.1) is 17.8 Å². The van der Waals surface area contributed by atoms with Crippen LogP contribution in [0.2, 0.25) is 19.1 Å². The van der Waals surface area contributed by atoms with Gasteiger partial charge in [-0.05, 0) is 18.2 Å². The van der Waals surface area contributed by atoms with E-state index in [9.17, 15) is 13.2 Å². The van der Waals surface area contributed by atoms with Crippen LogP contribution in [0.4, 0.5) is 13.2 Å². The maximum atomic E-state index is 13.0. The highest BCUT2D eigenvalue weighted by Crippen LogP contribution is 2.29. The van der Waals surface area contributed by atoms with Crippen LogP contribution in [-0.4, -0.2) is 14.3 Å². The normalized spacial score (nSPS) is 13.0. The van der Waals surface area contributed by atoms with Gasteiger partial charge in [0, 0.05) is 11.5 Å². The van der Waals surface area contributed by atoms with Gasteiger partial charge in [0.15, 0.2) is 0 Å². The standard InChI is InChI=1S/C20H21F3Si/c1-24(2,19-11-7-4-8-12-19)16-18(15-20(21,22)23)14-13-17-9-5-3-6-10-17/h3-12,18H,15-16H2,1-2H3. The monoisotopic (exact) mass is 346 g/mol. The molecule has 24 heavy (non-hydrogen) atoms. The molecule has 0 heterocycles. The van der Waals surface area contributed by atoms with Crippen molar-refractivity contribution in [2.75, 3.05) is 0 Å². The third-order valence-corrected chi connectivity index (χ3v) is 7.39. The lowest BCUT2D eigenvalue weighted by atomic mass is 10.1. The summed E-state index contributed by atoms with van der Waals surface area (Å²) in [5, 5.41) is 1.17. The topological polar surface area (TPSA) is 0 Å². The fourth-order valence-corrected chi connectivity index (χ4v) is 5.59. The molecule has 0 aliphatic carbocycles. The van der Waals surface area contributed by atoms with Gasteiger partial charge in [-0.1, -0.05) is 78.7 Å². The Bertz CT molecular complexity index is 694. The number of rotatable bonds is 4. The first kappa shape index (κ1) is 18.3. The molecule has 0 aliphatic heterocycles. The molecule has 4 heteroatoms. The van der Waals surface area contributed by atoms with E-state index in [0.717, 1.165) is 5.56 Å². The van der Waals surface area contributed by atoms with Crippen molar-refractivity contribution >= 4 is 13.3 Å². The van der Waals surface area contributed by atoms with Crippen molar-refractivity contribution in [3.05, 3.63) is 66.2 Å². The first-order chi connectivity index (χ1) is 11.3. The minimum Gasteiger partial charge on any atom is -0.171 e. The Morgan fingerprint density at radius 3 is 2.00 bits per heavy atom. The summed E-state index contributed by atoms with van der Waals surface area (Å²) in [5.41, 5.74) is 0.754. The van der Waals surface area contributed by atoms with E-state index >= 15 is 0 Å². The van der Waals surface area contributed by atoms with Crippen molar-refractivity contribution < 1.29 is 13.2 Å². The van der Waals surface area contributed by atoms with Gasteiger partial charge >= 0.3 is 6.18 Å². The van der Waals surface area contributed by atoms with E-state index in [1.54, 1.807) is 0 Å². The lowest BCUT2D eigenvalue weighted by molar-refractivity contribution is -0.139. The van der Waals surface area contributed by atoms with Gasteiger partial charge in [0.25, 0.3) is 0 Å². The number of benzene rings is 2. The molecule has 0 saturated heterocycles. The van der Waals surface area contributed by atoms with Crippen LogP contribution >= 0.6 is 0 Å². The average molecular weight is 346 g/mol. The van der Waals surface area contributed by atoms with Gasteiger partial charge in [-0.2, -0.15) is 13.2 Å². The molecular formula is C20H21F3Si. The molecule has 0 saturated carbocycles. The Morgan fingerprint density at radius 1 is 0.917 bits per heavy atom.